The van der Waals surface area contributed by atoms with E-state index in [0.717, 1.165) is 22.0 Å². The van der Waals surface area contributed by atoms with Crippen LogP contribution in [0.25, 0.3) is 22.0 Å². The zero-order chi connectivity index (χ0) is 15.6. The molecule has 1 aromatic heterocycles. The van der Waals surface area contributed by atoms with Crippen molar-refractivity contribution in [3.63, 3.8) is 0 Å². The monoisotopic (exact) mass is 307 g/mol. The van der Waals surface area contributed by atoms with Gasteiger partial charge in [-0.15, -0.1) is 0 Å². The average Bonchev–Trinajstić information content (AvgIpc) is 3.11. The number of rotatable bonds is 3. The molecule has 4 heteroatoms. The first-order chi connectivity index (χ1) is 11.3. The number of hydrogen-bond donors (Lipinski definition) is 0. The van der Waals surface area contributed by atoms with E-state index < -0.39 is 0 Å². The van der Waals surface area contributed by atoms with Crippen LogP contribution >= 0.6 is 0 Å². The van der Waals surface area contributed by atoms with Gasteiger partial charge < -0.3 is 14.0 Å². The van der Waals surface area contributed by atoms with Gasteiger partial charge in [0, 0.05) is 6.07 Å². The van der Waals surface area contributed by atoms with Gasteiger partial charge in [-0.05, 0) is 28.6 Å². The fraction of sp³-hybridized carbons (Fsp3) is 0.211. The number of ether oxygens (including phenoxy) is 2. The summed E-state index contributed by atoms with van der Waals surface area (Å²) in [7, 11) is 0. The van der Waals surface area contributed by atoms with E-state index in [4.69, 9.17) is 9.47 Å². The Morgan fingerprint density at radius 1 is 0.913 bits per heavy atom. The molecule has 4 rings (SSSR count). The van der Waals surface area contributed by atoms with Gasteiger partial charge in [0.15, 0.2) is 6.29 Å². The van der Waals surface area contributed by atoms with Gasteiger partial charge in [0.1, 0.15) is 0 Å². The first-order valence-corrected chi connectivity index (χ1v) is 7.73. The second-order valence-corrected chi connectivity index (χ2v) is 5.59. The average molecular weight is 307 g/mol. The van der Waals surface area contributed by atoms with E-state index in [1.165, 1.54) is 0 Å². The van der Waals surface area contributed by atoms with E-state index >= 15 is 0 Å². The lowest BCUT2D eigenvalue weighted by Gasteiger charge is -2.15. The molecule has 116 valence electrons. The Bertz CT molecular complexity index is 880. The third-order valence-electron chi connectivity index (χ3n) is 4.12. The zero-order valence-electron chi connectivity index (χ0n) is 12.6. The van der Waals surface area contributed by atoms with E-state index in [0.29, 0.717) is 19.8 Å². The molecule has 0 radical (unpaired) electrons. The maximum Gasteiger partial charge on any atom is 0.251 e. The molecule has 3 aromatic rings. The molecule has 23 heavy (non-hydrogen) atoms. The second-order valence-electron chi connectivity index (χ2n) is 5.59. The summed E-state index contributed by atoms with van der Waals surface area (Å²) < 4.78 is 12.7. The van der Waals surface area contributed by atoms with Crippen molar-refractivity contribution in [3.8, 4) is 11.1 Å². The maximum absolute atomic E-state index is 12.3. The molecule has 1 aliphatic rings. The smallest absolute Gasteiger partial charge is 0.251 e. The summed E-state index contributed by atoms with van der Waals surface area (Å²) in [5.74, 6) is 0. The van der Waals surface area contributed by atoms with Gasteiger partial charge in [-0.2, -0.15) is 0 Å². The molecule has 2 heterocycles. The number of benzene rings is 2. The minimum atomic E-state index is -0.348. The summed E-state index contributed by atoms with van der Waals surface area (Å²) in [5, 5.41) is 1.03. The second kappa shape index (κ2) is 5.99. The number of nitrogens with zero attached hydrogens (tertiary/aromatic N) is 1. The molecule has 0 bridgehead atoms. The van der Waals surface area contributed by atoms with Crippen molar-refractivity contribution < 1.29 is 9.47 Å². The van der Waals surface area contributed by atoms with E-state index in [1.54, 1.807) is 10.6 Å². The van der Waals surface area contributed by atoms with Crippen LogP contribution in [0.3, 0.4) is 0 Å². The SMILES string of the molecule is O=c1ccc2ccc(-c3ccccc3)cc2n1CC1OCCO1. The molecule has 0 spiro atoms. The third kappa shape index (κ3) is 2.79. The minimum Gasteiger partial charge on any atom is -0.348 e. The Balaban J connectivity index is 1.83. The van der Waals surface area contributed by atoms with Gasteiger partial charge in [0.25, 0.3) is 5.56 Å². The van der Waals surface area contributed by atoms with Crippen LogP contribution < -0.4 is 5.56 Å². The Labute approximate surface area is 133 Å². The molecule has 0 unspecified atom stereocenters. The van der Waals surface area contributed by atoms with Gasteiger partial charge in [-0.25, -0.2) is 0 Å². The van der Waals surface area contributed by atoms with Gasteiger partial charge >= 0.3 is 0 Å². The molecule has 0 aliphatic carbocycles. The molecular weight excluding hydrogens is 290 g/mol. The molecule has 0 saturated carbocycles. The van der Waals surface area contributed by atoms with Crippen LogP contribution in [0.2, 0.25) is 0 Å². The predicted octanol–water partition coefficient (Wildman–Crippen LogP) is 3.04. The van der Waals surface area contributed by atoms with Crippen LogP contribution in [0.1, 0.15) is 0 Å². The Morgan fingerprint density at radius 3 is 2.43 bits per heavy atom. The van der Waals surface area contributed by atoms with Crippen LogP contribution in [0, 0.1) is 0 Å². The van der Waals surface area contributed by atoms with Crippen LogP contribution in [-0.2, 0) is 16.0 Å². The Hall–Kier alpha value is -2.43. The van der Waals surface area contributed by atoms with E-state index in [2.05, 4.69) is 24.3 Å². The fourth-order valence-electron chi connectivity index (χ4n) is 2.95. The standard InChI is InChI=1S/C19H17NO3/c21-18-9-8-15-6-7-16(14-4-2-1-3-5-14)12-17(15)20(18)13-19-22-10-11-23-19/h1-9,12,19H,10-11,13H2. The van der Waals surface area contributed by atoms with E-state index in [1.807, 2.05) is 30.3 Å². The zero-order valence-corrected chi connectivity index (χ0v) is 12.6. The predicted molar refractivity (Wildman–Crippen MR) is 89.3 cm³/mol. The summed E-state index contributed by atoms with van der Waals surface area (Å²) in [6.07, 6.45) is -0.348. The van der Waals surface area contributed by atoms with E-state index in [9.17, 15) is 4.79 Å². The van der Waals surface area contributed by atoms with Crippen LogP contribution in [0.4, 0.5) is 0 Å². The first-order valence-electron chi connectivity index (χ1n) is 7.73. The molecule has 4 nitrogen and oxygen atoms in total. The van der Waals surface area contributed by atoms with E-state index in [-0.39, 0.29) is 11.8 Å². The number of pyridine rings is 1. The normalized spacial score (nSPS) is 15.3. The fourth-order valence-corrected chi connectivity index (χ4v) is 2.95. The number of fused-ring (bicyclic) bond motifs is 1. The van der Waals surface area contributed by atoms with Gasteiger partial charge in [0.05, 0.1) is 25.3 Å². The van der Waals surface area contributed by atoms with Crippen molar-refractivity contribution in [1.82, 2.24) is 4.57 Å². The van der Waals surface area contributed by atoms with Crippen LogP contribution in [0.5, 0.6) is 0 Å². The van der Waals surface area contributed by atoms with Gasteiger partial charge in [-0.1, -0.05) is 42.5 Å². The Kier molecular flexibility index (Phi) is 3.69. The van der Waals surface area contributed by atoms with Crippen LogP contribution in [-0.4, -0.2) is 24.1 Å². The number of hydrogen-bond acceptors (Lipinski definition) is 3. The highest BCUT2D eigenvalue weighted by Gasteiger charge is 2.18. The topological polar surface area (TPSA) is 40.5 Å². The van der Waals surface area contributed by atoms with Crippen molar-refractivity contribution in [1.29, 1.82) is 0 Å². The van der Waals surface area contributed by atoms with Crippen molar-refractivity contribution in [3.05, 3.63) is 71.0 Å². The summed E-state index contributed by atoms with van der Waals surface area (Å²) >= 11 is 0. The Morgan fingerprint density at radius 2 is 1.65 bits per heavy atom. The first kappa shape index (κ1) is 14.2. The maximum atomic E-state index is 12.3. The molecule has 0 amide bonds. The molecule has 1 aliphatic heterocycles. The highest BCUT2D eigenvalue weighted by molar-refractivity contribution is 5.84. The summed E-state index contributed by atoms with van der Waals surface area (Å²) in [6.45, 7) is 1.58. The highest BCUT2D eigenvalue weighted by atomic mass is 16.7. The van der Waals surface area contributed by atoms with Gasteiger partial charge in [0.2, 0.25) is 0 Å². The largest absolute Gasteiger partial charge is 0.348 e. The van der Waals surface area contributed by atoms with Crippen molar-refractivity contribution in [2.45, 2.75) is 12.8 Å². The molecule has 0 atom stereocenters. The third-order valence-corrected chi connectivity index (χ3v) is 4.12. The van der Waals surface area contributed by atoms with Crippen LogP contribution in [0.15, 0.2) is 65.5 Å². The van der Waals surface area contributed by atoms with Gasteiger partial charge in [-0.3, -0.25) is 4.79 Å². The molecule has 1 saturated heterocycles. The van der Waals surface area contributed by atoms with Crippen molar-refractivity contribution >= 4 is 10.9 Å². The minimum absolute atomic E-state index is 0.0400. The lowest BCUT2D eigenvalue weighted by molar-refractivity contribution is -0.0522. The molecule has 0 N–H and O–H groups in total. The highest BCUT2D eigenvalue weighted by Crippen LogP contribution is 2.24. The summed E-state index contributed by atoms with van der Waals surface area (Å²) in [6, 6.07) is 19.8. The molecule has 2 aromatic carbocycles. The number of aromatic nitrogens is 1. The molecular formula is C19H17NO3. The lowest BCUT2D eigenvalue weighted by atomic mass is 10.0. The summed E-state index contributed by atoms with van der Waals surface area (Å²) in [4.78, 5) is 12.3. The molecule has 1 fully saturated rings. The van der Waals surface area contributed by atoms with Crippen molar-refractivity contribution in [2.24, 2.45) is 0 Å². The quantitative estimate of drug-likeness (QED) is 0.747. The lowest BCUT2D eigenvalue weighted by Crippen LogP contribution is -2.26. The summed E-state index contributed by atoms with van der Waals surface area (Å²) in [5.41, 5.74) is 3.08. The van der Waals surface area contributed by atoms with Crippen molar-refractivity contribution in [2.75, 3.05) is 13.2 Å².